The SMILES string of the molecule is ClC1=C(Cl)[C@@]2(Cl)C[C@]1(Cl)[C@H]1CC[C@H]3[C@@H](CC[C@H]12)[C@@]1(Cl)C(Cl)=C(Cl)[C@]3(Cl)C1(Cl)Cl. The minimum Gasteiger partial charge on any atom is -0.113 e. The van der Waals surface area contributed by atoms with Crippen molar-refractivity contribution in [2.75, 3.05) is 0 Å². The van der Waals surface area contributed by atoms with Crippen LogP contribution in [0.2, 0.25) is 0 Å². The van der Waals surface area contributed by atoms with Crippen molar-refractivity contribution >= 4 is 116 Å². The fraction of sp³-hybridized carbons (Fsp3) is 0.778. The Morgan fingerprint density at radius 2 is 0.821 bits per heavy atom. The van der Waals surface area contributed by atoms with E-state index in [1.54, 1.807) is 0 Å². The van der Waals surface area contributed by atoms with E-state index in [0.717, 1.165) is 12.8 Å². The summed E-state index contributed by atoms with van der Waals surface area (Å²) in [5, 5.41) is 1.43. The Morgan fingerprint density at radius 1 is 0.500 bits per heavy atom. The Hall–Kier alpha value is 2.38. The summed E-state index contributed by atoms with van der Waals surface area (Å²) >= 11 is 67.6. The Bertz CT molecular complexity index is 785. The topological polar surface area (TPSA) is 0 Å². The van der Waals surface area contributed by atoms with Gasteiger partial charge in [-0.2, -0.15) is 0 Å². The molecule has 0 saturated heterocycles. The molecule has 3 fully saturated rings. The average molecular weight is 585 g/mol. The van der Waals surface area contributed by atoms with Crippen molar-refractivity contribution in [3.63, 3.8) is 0 Å². The van der Waals surface area contributed by atoms with Crippen LogP contribution in [0, 0.1) is 23.7 Å². The molecule has 5 aliphatic carbocycles. The predicted molar refractivity (Wildman–Crippen MR) is 123 cm³/mol. The first kappa shape index (κ1) is 22.2. The van der Waals surface area contributed by atoms with Gasteiger partial charge in [0, 0.05) is 0 Å². The minimum atomic E-state index is -1.52. The molecule has 156 valence electrons. The summed E-state index contributed by atoms with van der Waals surface area (Å²) in [4.78, 5) is -3.96. The smallest absolute Gasteiger partial charge is 0.113 e. The average Bonchev–Trinajstić information content (AvgIpc) is 3.02. The van der Waals surface area contributed by atoms with Crippen molar-refractivity contribution in [3.8, 4) is 0 Å². The molecule has 0 radical (unpaired) electrons. The molecule has 3 saturated carbocycles. The molecule has 4 bridgehead atoms. The zero-order valence-corrected chi connectivity index (χ0v) is 21.7. The van der Waals surface area contributed by atoms with Gasteiger partial charge in [0.2, 0.25) is 0 Å². The molecule has 0 aromatic heterocycles. The van der Waals surface area contributed by atoms with E-state index in [-0.39, 0.29) is 33.7 Å². The maximum absolute atomic E-state index is 7.02. The molecular formula is C18H14Cl10. The third-order valence-corrected chi connectivity index (χ3v) is 14.8. The third-order valence-electron chi connectivity index (χ3n) is 7.93. The van der Waals surface area contributed by atoms with Gasteiger partial charge in [-0.3, -0.25) is 0 Å². The molecule has 28 heavy (non-hydrogen) atoms. The molecule has 5 aliphatic rings. The molecule has 10 heteroatoms. The molecule has 0 unspecified atom stereocenters. The number of alkyl halides is 6. The Balaban J connectivity index is 1.58. The van der Waals surface area contributed by atoms with Gasteiger partial charge in [-0.25, -0.2) is 0 Å². The lowest BCUT2D eigenvalue weighted by atomic mass is 9.67. The maximum atomic E-state index is 7.02. The van der Waals surface area contributed by atoms with Crippen molar-refractivity contribution in [1.29, 1.82) is 0 Å². The number of hydrogen-bond donors (Lipinski definition) is 0. The zero-order chi connectivity index (χ0) is 20.7. The highest BCUT2D eigenvalue weighted by Gasteiger charge is 2.82. The van der Waals surface area contributed by atoms with E-state index >= 15 is 0 Å². The van der Waals surface area contributed by atoms with E-state index < -0.39 is 23.8 Å². The molecule has 0 spiro atoms. The lowest BCUT2D eigenvalue weighted by Crippen LogP contribution is -2.44. The normalized spacial score (nSPS) is 56.8. The van der Waals surface area contributed by atoms with Crippen LogP contribution in [0.3, 0.4) is 0 Å². The quantitative estimate of drug-likeness (QED) is 0.249. The first-order chi connectivity index (χ1) is 12.8. The second-order valence-electron chi connectivity index (χ2n) is 8.74. The summed E-state index contributed by atoms with van der Waals surface area (Å²) in [7, 11) is 0. The van der Waals surface area contributed by atoms with Crippen LogP contribution in [-0.4, -0.2) is 23.8 Å². The number of fused-ring (bicyclic) bond motifs is 10. The molecule has 0 aromatic rings. The highest BCUT2D eigenvalue weighted by atomic mass is 35.5. The highest BCUT2D eigenvalue weighted by Crippen LogP contribution is 2.79. The Kier molecular flexibility index (Phi) is 4.98. The van der Waals surface area contributed by atoms with E-state index in [2.05, 4.69) is 0 Å². The van der Waals surface area contributed by atoms with Crippen LogP contribution in [0.15, 0.2) is 20.1 Å². The van der Waals surface area contributed by atoms with Crippen molar-refractivity contribution in [1.82, 2.24) is 0 Å². The van der Waals surface area contributed by atoms with Crippen LogP contribution in [0.1, 0.15) is 32.1 Å². The van der Waals surface area contributed by atoms with E-state index in [4.69, 9.17) is 116 Å². The number of hydrogen-bond acceptors (Lipinski definition) is 0. The third kappa shape index (κ3) is 2.11. The van der Waals surface area contributed by atoms with E-state index in [0.29, 0.717) is 29.3 Å². The van der Waals surface area contributed by atoms with Gasteiger partial charge in [-0.1, -0.05) is 69.6 Å². The summed E-state index contributed by atoms with van der Waals surface area (Å²) < 4.78 is -1.52. The second kappa shape index (κ2) is 6.28. The number of allylic oxidation sites excluding steroid dienone is 4. The zero-order valence-electron chi connectivity index (χ0n) is 14.1. The van der Waals surface area contributed by atoms with Crippen molar-refractivity contribution < 1.29 is 0 Å². The van der Waals surface area contributed by atoms with Crippen LogP contribution >= 0.6 is 116 Å². The molecule has 0 heterocycles. The predicted octanol–water partition coefficient (Wildman–Crippen LogP) is 8.93. The molecule has 0 aliphatic heterocycles. The van der Waals surface area contributed by atoms with Gasteiger partial charge in [-0.15, -0.1) is 46.4 Å². The fourth-order valence-corrected chi connectivity index (χ4v) is 11.9. The second-order valence-corrected chi connectivity index (χ2v) is 14.1. The van der Waals surface area contributed by atoms with E-state index in [9.17, 15) is 0 Å². The van der Waals surface area contributed by atoms with Crippen molar-refractivity contribution in [2.45, 2.75) is 55.9 Å². The highest BCUT2D eigenvalue weighted by molar-refractivity contribution is 6.65. The molecule has 0 N–H and O–H groups in total. The standard InChI is InChI=1S/C18H14Cl10/c19-10-11(20)15(24)5-14(10,23)6-1-3-8-9(4-2-7(6)15)17(26)13(22)12(21)16(8,25)18(17,27)28/h6-9H,1-5H2/t6-,7+,8-,9+,14-,15+,16-,17+. The van der Waals surface area contributed by atoms with Crippen molar-refractivity contribution in [3.05, 3.63) is 20.1 Å². The van der Waals surface area contributed by atoms with Crippen LogP contribution in [0.4, 0.5) is 0 Å². The van der Waals surface area contributed by atoms with E-state index in [1.165, 1.54) is 0 Å². The van der Waals surface area contributed by atoms with Gasteiger partial charge in [0.15, 0.2) is 4.33 Å². The van der Waals surface area contributed by atoms with E-state index in [1.807, 2.05) is 0 Å². The summed E-state index contributed by atoms with van der Waals surface area (Å²) in [5.41, 5.74) is 0. The molecule has 0 amide bonds. The summed E-state index contributed by atoms with van der Waals surface area (Å²) in [6.07, 6.45) is 3.40. The van der Waals surface area contributed by atoms with Gasteiger partial charge in [0.1, 0.15) is 9.75 Å². The summed E-state index contributed by atoms with van der Waals surface area (Å²) in [6.45, 7) is 0. The molecule has 0 aromatic carbocycles. The van der Waals surface area contributed by atoms with Gasteiger partial charge in [0.05, 0.1) is 29.9 Å². The van der Waals surface area contributed by atoms with Crippen LogP contribution < -0.4 is 0 Å². The lowest BCUT2D eigenvalue weighted by Gasteiger charge is -2.44. The minimum absolute atomic E-state index is 0.0755. The molecular weight excluding hydrogens is 571 g/mol. The number of halogens is 10. The Labute approximate surface area is 214 Å². The van der Waals surface area contributed by atoms with Gasteiger partial charge in [0.25, 0.3) is 0 Å². The first-order valence-corrected chi connectivity index (χ1v) is 12.8. The molecule has 5 rings (SSSR count). The fourth-order valence-electron chi connectivity index (χ4n) is 6.70. The van der Waals surface area contributed by atoms with Crippen LogP contribution in [-0.2, 0) is 0 Å². The van der Waals surface area contributed by atoms with Crippen LogP contribution in [0.25, 0.3) is 0 Å². The largest absolute Gasteiger partial charge is 0.166 e. The van der Waals surface area contributed by atoms with Crippen molar-refractivity contribution in [2.24, 2.45) is 23.7 Å². The van der Waals surface area contributed by atoms with Crippen LogP contribution in [0.5, 0.6) is 0 Å². The Morgan fingerprint density at radius 3 is 1.18 bits per heavy atom. The summed E-state index contributed by atoms with van der Waals surface area (Å²) in [6, 6.07) is 0. The lowest BCUT2D eigenvalue weighted by molar-refractivity contribution is 0.175. The molecule has 0 nitrogen and oxygen atoms in total. The van der Waals surface area contributed by atoms with Gasteiger partial charge >= 0.3 is 0 Å². The first-order valence-electron chi connectivity index (χ1n) is 9.05. The molecule has 8 atom stereocenters. The summed E-state index contributed by atoms with van der Waals surface area (Å²) in [5.74, 6) is -0.124. The monoisotopic (exact) mass is 580 g/mol. The van der Waals surface area contributed by atoms with Gasteiger partial charge in [-0.05, 0) is 55.8 Å². The number of rotatable bonds is 0. The maximum Gasteiger partial charge on any atom is 0.166 e. The van der Waals surface area contributed by atoms with Gasteiger partial charge < -0.3 is 0 Å².